The zero-order valence-corrected chi connectivity index (χ0v) is 12.0. The maximum Gasteiger partial charge on any atom is 0.279 e. The van der Waals surface area contributed by atoms with Crippen LogP contribution >= 0.6 is 0 Å². The first-order valence-electron chi connectivity index (χ1n) is 6.99. The molecule has 1 saturated heterocycles. The monoisotopic (exact) mass is 275 g/mol. The Balaban J connectivity index is 1.67. The second-order valence-electron chi connectivity index (χ2n) is 5.62. The van der Waals surface area contributed by atoms with Crippen LogP contribution in [0.5, 0.6) is 0 Å². The van der Waals surface area contributed by atoms with Crippen molar-refractivity contribution in [3.63, 3.8) is 0 Å². The van der Waals surface area contributed by atoms with Crippen molar-refractivity contribution >= 4 is 10.2 Å². The van der Waals surface area contributed by atoms with E-state index in [-0.39, 0.29) is 0 Å². The lowest BCUT2D eigenvalue weighted by Gasteiger charge is -2.23. The molecule has 2 N–H and O–H groups in total. The second kappa shape index (κ2) is 6.32. The van der Waals surface area contributed by atoms with Gasteiger partial charge in [0.2, 0.25) is 0 Å². The Labute approximate surface area is 110 Å². The molecule has 1 heterocycles. The molecule has 0 bridgehead atoms. The number of hydrogen-bond acceptors (Lipinski definition) is 3. The van der Waals surface area contributed by atoms with Crippen molar-refractivity contribution in [1.29, 1.82) is 0 Å². The molecule has 2 aliphatic rings. The highest BCUT2D eigenvalue weighted by Crippen LogP contribution is 2.29. The van der Waals surface area contributed by atoms with Gasteiger partial charge in [-0.3, -0.25) is 0 Å². The topological polar surface area (TPSA) is 61.4 Å². The molecule has 1 saturated carbocycles. The lowest BCUT2D eigenvalue weighted by molar-refractivity contribution is 0.356. The van der Waals surface area contributed by atoms with Crippen molar-refractivity contribution < 1.29 is 8.42 Å². The summed E-state index contributed by atoms with van der Waals surface area (Å²) in [5.74, 6) is 1.21. The van der Waals surface area contributed by atoms with E-state index < -0.39 is 10.2 Å². The molecule has 5 nitrogen and oxygen atoms in total. The Morgan fingerprint density at radius 1 is 1.28 bits per heavy atom. The Morgan fingerprint density at radius 2 is 2.06 bits per heavy atom. The van der Waals surface area contributed by atoms with E-state index >= 15 is 0 Å². The molecule has 0 spiro atoms. The van der Waals surface area contributed by atoms with E-state index in [0.717, 1.165) is 19.5 Å². The minimum atomic E-state index is -3.25. The normalized spacial score (nSPS) is 25.6. The zero-order valence-electron chi connectivity index (χ0n) is 11.2. The third kappa shape index (κ3) is 4.50. The van der Waals surface area contributed by atoms with Crippen molar-refractivity contribution in [3.05, 3.63) is 0 Å². The SMILES string of the molecule is CN(CC1CC1)S(=O)(=O)NCCC1CCCNC1. The van der Waals surface area contributed by atoms with Gasteiger partial charge in [-0.15, -0.1) is 0 Å². The van der Waals surface area contributed by atoms with Crippen molar-refractivity contribution in [1.82, 2.24) is 14.3 Å². The van der Waals surface area contributed by atoms with Crippen LogP contribution < -0.4 is 10.0 Å². The van der Waals surface area contributed by atoms with E-state index in [9.17, 15) is 8.42 Å². The van der Waals surface area contributed by atoms with E-state index in [2.05, 4.69) is 10.0 Å². The van der Waals surface area contributed by atoms with Gasteiger partial charge < -0.3 is 5.32 Å². The van der Waals surface area contributed by atoms with Gasteiger partial charge >= 0.3 is 0 Å². The highest BCUT2D eigenvalue weighted by molar-refractivity contribution is 7.87. The van der Waals surface area contributed by atoms with Gasteiger partial charge in [0.05, 0.1) is 0 Å². The lowest BCUT2D eigenvalue weighted by Crippen LogP contribution is -2.40. The molecule has 1 aliphatic carbocycles. The predicted molar refractivity (Wildman–Crippen MR) is 72.5 cm³/mol. The fraction of sp³-hybridized carbons (Fsp3) is 1.00. The van der Waals surface area contributed by atoms with Crippen molar-refractivity contribution in [2.45, 2.75) is 32.1 Å². The summed E-state index contributed by atoms with van der Waals surface area (Å²) in [7, 11) is -1.58. The molecule has 0 amide bonds. The van der Waals surface area contributed by atoms with Crippen molar-refractivity contribution in [3.8, 4) is 0 Å². The molecular weight excluding hydrogens is 250 g/mol. The van der Waals surface area contributed by atoms with Crippen LogP contribution in [0.1, 0.15) is 32.1 Å². The molecule has 1 unspecified atom stereocenters. The van der Waals surface area contributed by atoms with Gasteiger partial charge in [0.15, 0.2) is 0 Å². The van der Waals surface area contributed by atoms with E-state index in [0.29, 0.717) is 24.9 Å². The fourth-order valence-corrected chi connectivity index (χ4v) is 3.44. The first-order valence-corrected chi connectivity index (χ1v) is 8.43. The minimum Gasteiger partial charge on any atom is -0.316 e. The molecule has 106 valence electrons. The van der Waals surface area contributed by atoms with E-state index in [1.165, 1.54) is 30.0 Å². The third-order valence-electron chi connectivity index (χ3n) is 3.86. The standard InChI is InChI=1S/C12H25N3O2S/c1-15(10-12-4-5-12)18(16,17)14-8-6-11-3-2-7-13-9-11/h11-14H,2-10H2,1H3. The molecular formula is C12H25N3O2S. The van der Waals surface area contributed by atoms with Crippen LogP contribution in [0.2, 0.25) is 0 Å². The van der Waals surface area contributed by atoms with E-state index in [1.807, 2.05) is 0 Å². The molecule has 1 aliphatic heterocycles. The van der Waals surface area contributed by atoms with E-state index in [4.69, 9.17) is 0 Å². The van der Waals surface area contributed by atoms with Gasteiger partial charge in [-0.05, 0) is 57.0 Å². The Kier molecular flexibility index (Phi) is 5.00. The smallest absolute Gasteiger partial charge is 0.279 e. The van der Waals surface area contributed by atoms with Crippen molar-refractivity contribution in [2.75, 3.05) is 33.2 Å². The van der Waals surface area contributed by atoms with E-state index in [1.54, 1.807) is 7.05 Å². The lowest BCUT2D eigenvalue weighted by atomic mass is 9.96. The predicted octanol–water partition coefficient (Wildman–Crippen LogP) is 0.552. The summed E-state index contributed by atoms with van der Waals surface area (Å²) >= 11 is 0. The molecule has 0 aromatic rings. The molecule has 2 rings (SSSR count). The van der Waals surface area contributed by atoms with Gasteiger partial charge in [-0.25, -0.2) is 4.72 Å². The summed E-state index contributed by atoms with van der Waals surface area (Å²) in [5, 5.41) is 3.35. The van der Waals surface area contributed by atoms with Gasteiger partial charge in [-0.2, -0.15) is 12.7 Å². The van der Waals surface area contributed by atoms with Crippen molar-refractivity contribution in [2.24, 2.45) is 11.8 Å². The molecule has 2 fully saturated rings. The van der Waals surface area contributed by atoms with Crippen LogP contribution in [0.15, 0.2) is 0 Å². The van der Waals surface area contributed by atoms with Gasteiger partial charge in [0.1, 0.15) is 0 Å². The summed E-state index contributed by atoms with van der Waals surface area (Å²) in [6.07, 6.45) is 5.70. The zero-order chi connectivity index (χ0) is 13.0. The van der Waals surface area contributed by atoms with Crippen LogP contribution in [-0.4, -0.2) is 45.9 Å². The summed E-state index contributed by atoms with van der Waals surface area (Å²) in [6.45, 7) is 3.36. The quantitative estimate of drug-likeness (QED) is 0.713. The number of nitrogens with zero attached hydrogens (tertiary/aromatic N) is 1. The fourth-order valence-electron chi connectivity index (χ4n) is 2.43. The molecule has 0 aromatic heterocycles. The average molecular weight is 275 g/mol. The van der Waals surface area contributed by atoms with Crippen LogP contribution in [-0.2, 0) is 10.2 Å². The summed E-state index contributed by atoms with van der Waals surface area (Å²) < 4.78 is 28.0. The molecule has 6 heteroatoms. The highest BCUT2D eigenvalue weighted by Gasteiger charge is 2.27. The number of piperidine rings is 1. The van der Waals surface area contributed by atoms with Crippen LogP contribution in [0, 0.1) is 11.8 Å². The van der Waals surface area contributed by atoms with Crippen LogP contribution in [0.25, 0.3) is 0 Å². The first-order chi connectivity index (χ1) is 8.58. The van der Waals surface area contributed by atoms with Crippen LogP contribution in [0.3, 0.4) is 0 Å². The second-order valence-corrected chi connectivity index (χ2v) is 7.49. The maximum absolute atomic E-state index is 11.9. The molecule has 0 aromatic carbocycles. The largest absolute Gasteiger partial charge is 0.316 e. The summed E-state index contributed by atoms with van der Waals surface area (Å²) in [5.41, 5.74) is 0. The first kappa shape index (κ1) is 14.2. The third-order valence-corrected chi connectivity index (χ3v) is 5.40. The minimum absolute atomic E-state index is 0.559. The Hall–Kier alpha value is -0.170. The van der Waals surface area contributed by atoms with Crippen LogP contribution in [0.4, 0.5) is 0 Å². The van der Waals surface area contributed by atoms with Gasteiger partial charge in [0.25, 0.3) is 10.2 Å². The Morgan fingerprint density at radius 3 is 2.67 bits per heavy atom. The average Bonchev–Trinajstić information content (AvgIpc) is 3.14. The number of nitrogens with one attached hydrogen (secondary N) is 2. The summed E-state index contributed by atoms with van der Waals surface area (Å²) in [4.78, 5) is 0. The summed E-state index contributed by atoms with van der Waals surface area (Å²) in [6, 6.07) is 0. The molecule has 0 radical (unpaired) electrons. The highest BCUT2D eigenvalue weighted by atomic mass is 32.2. The maximum atomic E-state index is 11.9. The number of hydrogen-bond donors (Lipinski definition) is 2. The Bertz CT molecular complexity index is 348. The molecule has 18 heavy (non-hydrogen) atoms. The molecule has 1 atom stereocenters. The van der Waals surface area contributed by atoms with Gasteiger partial charge in [0, 0.05) is 20.1 Å². The number of rotatable bonds is 7. The van der Waals surface area contributed by atoms with Gasteiger partial charge in [-0.1, -0.05) is 0 Å².